The Bertz CT molecular complexity index is 542. The molecule has 1 aromatic rings. The van der Waals surface area contributed by atoms with Gasteiger partial charge in [0.2, 0.25) is 0 Å². The van der Waals surface area contributed by atoms with Crippen LogP contribution in [0.3, 0.4) is 0 Å². The van der Waals surface area contributed by atoms with Crippen LogP contribution in [-0.2, 0) is 25.5 Å². The Balaban J connectivity index is 2.23. The lowest BCUT2D eigenvalue weighted by atomic mass is 10.2. The second-order valence-corrected chi connectivity index (χ2v) is 4.98. The number of rotatable bonds is 2. The first-order chi connectivity index (χ1) is 8.48. The molecule has 0 aliphatic carbocycles. The Morgan fingerprint density at radius 3 is 2.56 bits per heavy atom. The van der Waals surface area contributed by atoms with E-state index in [0.717, 1.165) is 10.6 Å². The lowest BCUT2D eigenvalue weighted by molar-refractivity contribution is -0.0310. The molecule has 0 saturated heterocycles. The van der Waals surface area contributed by atoms with Gasteiger partial charge >= 0.3 is 10.4 Å². The number of nitrogens with zero attached hydrogens (tertiary/aromatic N) is 3. The predicted molar refractivity (Wildman–Crippen MR) is 64.2 cm³/mol. The predicted octanol–water partition coefficient (Wildman–Crippen LogP) is 0.528. The van der Waals surface area contributed by atoms with Crippen LogP contribution in [0.4, 0.5) is 0 Å². The number of oxime groups is 1. The monoisotopic (exact) mass is 271 g/mol. The van der Waals surface area contributed by atoms with E-state index in [1.807, 2.05) is 30.3 Å². The van der Waals surface area contributed by atoms with E-state index in [1.165, 1.54) is 0 Å². The summed E-state index contributed by atoms with van der Waals surface area (Å²) in [6.45, 7) is 0.250. The number of hydrogen-bond donors (Lipinski definition) is 0. The topological polar surface area (TPSA) is 71.4 Å². The van der Waals surface area contributed by atoms with Crippen LogP contribution in [-0.4, -0.2) is 38.4 Å². The van der Waals surface area contributed by atoms with Crippen LogP contribution < -0.4 is 0 Å². The Morgan fingerprint density at radius 1 is 1.28 bits per heavy atom. The molecule has 98 valence electrons. The molecule has 0 spiro atoms. The van der Waals surface area contributed by atoms with Gasteiger partial charge in [-0.3, -0.25) is 0 Å². The van der Waals surface area contributed by atoms with Crippen molar-refractivity contribution >= 4 is 16.4 Å². The zero-order valence-corrected chi connectivity index (χ0v) is 10.8. The van der Waals surface area contributed by atoms with Crippen molar-refractivity contribution in [2.75, 3.05) is 14.1 Å². The molecular weight excluding hydrogens is 258 g/mol. The zero-order valence-electron chi connectivity index (χ0n) is 9.98. The maximum absolute atomic E-state index is 11.2. The van der Waals surface area contributed by atoms with E-state index in [1.54, 1.807) is 19.0 Å². The van der Waals surface area contributed by atoms with Crippen molar-refractivity contribution in [1.82, 2.24) is 9.96 Å². The fraction of sp³-hybridized carbons (Fsp3) is 0.300. The van der Waals surface area contributed by atoms with Gasteiger partial charge in [0, 0.05) is 14.1 Å². The molecule has 18 heavy (non-hydrogen) atoms. The lowest BCUT2D eigenvalue weighted by Gasteiger charge is -2.29. The van der Waals surface area contributed by atoms with E-state index in [-0.39, 0.29) is 12.5 Å². The summed E-state index contributed by atoms with van der Waals surface area (Å²) < 4.78 is 31.4. The fourth-order valence-electron chi connectivity index (χ4n) is 1.43. The van der Waals surface area contributed by atoms with Crippen LogP contribution in [0.15, 0.2) is 35.5 Å². The minimum absolute atomic E-state index is 0.250. The molecule has 0 radical (unpaired) electrons. The highest BCUT2D eigenvalue weighted by atomic mass is 32.3. The number of hydroxylamine groups is 2. The molecule has 1 aliphatic rings. The molecule has 1 aromatic carbocycles. The van der Waals surface area contributed by atoms with Crippen LogP contribution in [0.2, 0.25) is 0 Å². The van der Waals surface area contributed by atoms with Crippen LogP contribution in [0.25, 0.3) is 0 Å². The fourth-order valence-corrected chi connectivity index (χ4v) is 1.96. The lowest BCUT2D eigenvalue weighted by Crippen LogP contribution is -2.44. The standard InChI is InChI=1S/C10H13N3O4S/c1-12(2)10-11-16-18(14,15)17-13(10)8-9-6-4-3-5-7-9/h3-7H,8H2,1-2H3. The first-order valence-electron chi connectivity index (χ1n) is 5.18. The summed E-state index contributed by atoms with van der Waals surface area (Å²) in [6.07, 6.45) is 0. The van der Waals surface area contributed by atoms with Gasteiger partial charge in [-0.05, 0) is 10.7 Å². The average molecular weight is 271 g/mol. The Hall–Kier alpha value is -1.80. The molecule has 0 fully saturated rings. The smallest absolute Gasteiger partial charge is 0.344 e. The SMILES string of the molecule is CN(C)C1=NOS(=O)(=O)ON1Cc1ccccc1. The third-order valence-electron chi connectivity index (χ3n) is 2.18. The highest BCUT2D eigenvalue weighted by Crippen LogP contribution is 2.15. The molecule has 1 aliphatic heterocycles. The molecule has 2 rings (SSSR count). The van der Waals surface area contributed by atoms with Gasteiger partial charge in [0.25, 0.3) is 5.96 Å². The highest BCUT2D eigenvalue weighted by molar-refractivity contribution is 7.81. The maximum Gasteiger partial charge on any atom is 0.491 e. The van der Waals surface area contributed by atoms with Crippen molar-refractivity contribution < 1.29 is 17.0 Å². The first-order valence-corrected chi connectivity index (χ1v) is 6.51. The molecule has 0 amide bonds. The van der Waals surface area contributed by atoms with Crippen molar-refractivity contribution in [3.63, 3.8) is 0 Å². The minimum Gasteiger partial charge on any atom is -0.344 e. The first kappa shape index (κ1) is 12.7. The Labute approximate surface area is 105 Å². The van der Waals surface area contributed by atoms with Crippen molar-refractivity contribution in [1.29, 1.82) is 0 Å². The molecule has 0 unspecified atom stereocenters. The quantitative estimate of drug-likeness (QED) is 0.781. The van der Waals surface area contributed by atoms with Gasteiger partial charge in [-0.1, -0.05) is 30.3 Å². The summed E-state index contributed by atoms with van der Waals surface area (Å²) >= 11 is 0. The second kappa shape index (κ2) is 4.83. The summed E-state index contributed by atoms with van der Waals surface area (Å²) in [7, 11) is -0.687. The summed E-state index contributed by atoms with van der Waals surface area (Å²) in [5, 5.41) is 4.68. The Kier molecular flexibility index (Phi) is 3.39. The van der Waals surface area contributed by atoms with Crippen LogP contribution in [0, 0.1) is 0 Å². The number of benzene rings is 1. The van der Waals surface area contributed by atoms with Gasteiger partial charge in [-0.15, -0.1) is 4.28 Å². The molecule has 0 saturated carbocycles. The van der Waals surface area contributed by atoms with E-state index >= 15 is 0 Å². The van der Waals surface area contributed by atoms with Crippen molar-refractivity contribution in [3.05, 3.63) is 35.9 Å². The third kappa shape index (κ3) is 2.90. The van der Waals surface area contributed by atoms with Crippen molar-refractivity contribution in [2.45, 2.75) is 6.54 Å². The maximum atomic E-state index is 11.2. The molecule has 0 aromatic heterocycles. The summed E-state index contributed by atoms with van der Waals surface area (Å²) in [4.78, 5) is 1.59. The van der Waals surface area contributed by atoms with Gasteiger partial charge in [0.15, 0.2) is 0 Å². The van der Waals surface area contributed by atoms with Crippen LogP contribution >= 0.6 is 0 Å². The molecule has 1 heterocycles. The van der Waals surface area contributed by atoms with E-state index in [2.05, 4.69) is 9.44 Å². The molecule has 8 heteroatoms. The van der Waals surface area contributed by atoms with E-state index in [4.69, 9.17) is 4.28 Å². The average Bonchev–Trinajstić information content (AvgIpc) is 2.28. The summed E-state index contributed by atoms with van der Waals surface area (Å²) in [6, 6.07) is 9.31. The molecule has 0 bridgehead atoms. The van der Waals surface area contributed by atoms with Gasteiger partial charge in [-0.25, -0.2) is 4.28 Å². The molecule has 7 nitrogen and oxygen atoms in total. The van der Waals surface area contributed by atoms with E-state index < -0.39 is 10.4 Å². The molecular formula is C10H13N3O4S. The summed E-state index contributed by atoms with van der Waals surface area (Å²) in [5.41, 5.74) is 0.893. The zero-order chi connectivity index (χ0) is 13.2. The highest BCUT2D eigenvalue weighted by Gasteiger charge is 2.30. The molecule has 0 N–H and O–H groups in total. The van der Waals surface area contributed by atoms with Gasteiger partial charge < -0.3 is 4.90 Å². The number of guanidine groups is 1. The molecule has 0 atom stereocenters. The number of hydrogen-bond acceptors (Lipinski definition) is 7. The summed E-state index contributed by atoms with van der Waals surface area (Å²) in [5.74, 6) is 0.272. The van der Waals surface area contributed by atoms with Crippen molar-refractivity contribution in [2.24, 2.45) is 5.16 Å². The van der Waals surface area contributed by atoms with Crippen molar-refractivity contribution in [3.8, 4) is 0 Å². The second-order valence-electron chi connectivity index (χ2n) is 3.87. The minimum atomic E-state index is -4.11. The van der Waals surface area contributed by atoms with Gasteiger partial charge in [0.05, 0.1) is 6.54 Å². The van der Waals surface area contributed by atoms with Gasteiger partial charge in [0.1, 0.15) is 0 Å². The largest absolute Gasteiger partial charge is 0.491 e. The van der Waals surface area contributed by atoms with E-state index in [9.17, 15) is 8.42 Å². The van der Waals surface area contributed by atoms with Crippen LogP contribution in [0.1, 0.15) is 5.56 Å². The van der Waals surface area contributed by atoms with E-state index in [0.29, 0.717) is 0 Å². The Morgan fingerprint density at radius 2 is 1.94 bits per heavy atom. The normalized spacial score (nSPS) is 17.9. The van der Waals surface area contributed by atoms with Crippen LogP contribution in [0.5, 0.6) is 0 Å². The van der Waals surface area contributed by atoms with Gasteiger partial charge in [-0.2, -0.15) is 13.5 Å². The third-order valence-corrected chi connectivity index (χ3v) is 2.80.